The van der Waals surface area contributed by atoms with E-state index in [1.807, 2.05) is 61.2 Å². The summed E-state index contributed by atoms with van der Waals surface area (Å²) in [4.78, 5) is 48.4. The number of ether oxygens (including phenoxy) is 1. The fraction of sp³-hybridized carbons (Fsp3) is 0.500. The molecule has 4 aliphatic heterocycles. The van der Waals surface area contributed by atoms with Crippen molar-refractivity contribution in [2.75, 3.05) is 11.9 Å². The molecule has 6 atom stereocenters. The average Bonchev–Trinajstić information content (AvgIpc) is 3.79. The Balaban J connectivity index is 1.46. The molecule has 3 N–H and O–H groups in total. The SMILES string of the molecule is CC(C)[C@H](O)C(=O)CC1Cc2ccc3c(c2)C2(c4ccccc4N[C@H]2O3)c2oc(nc2C(=O)N2CCC[C@H]2C)[C@H](C(C)C)NC1=O. The Morgan fingerprint density at radius 3 is 2.61 bits per heavy atom. The number of hydrogen-bond donors (Lipinski definition) is 3. The lowest BCUT2D eigenvalue weighted by atomic mass is 9.72. The average molecular weight is 627 g/mol. The fourth-order valence-corrected chi connectivity index (χ4v) is 7.67. The van der Waals surface area contributed by atoms with Crippen molar-refractivity contribution in [3.05, 3.63) is 76.5 Å². The molecule has 2 amide bonds. The number of para-hydroxylation sites is 1. The lowest BCUT2D eigenvalue weighted by molar-refractivity contribution is -0.135. The van der Waals surface area contributed by atoms with Gasteiger partial charge in [-0.25, -0.2) is 4.98 Å². The van der Waals surface area contributed by atoms with Crippen molar-refractivity contribution < 1.29 is 28.6 Å². The van der Waals surface area contributed by atoms with Crippen LogP contribution in [0.4, 0.5) is 5.69 Å². The number of aliphatic hydroxyl groups excluding tert-OH is 1. The van der Waals surface area contributed by atoms with Crippen molar-refractivity contribution in [2.24, 2.45) is 17.8 Å². The molecule has 2 aromatic carbocycles. The van der Waals surface area contributed by atoms with Crippen LogP contribution in [0.5, 0.6) is 5.75 Å². The minimum Gasteiger partial charge on any atom is -0.469 e. The molecule has 10 nitrogen and oxygen atoms in total. The Kier molecular flexibility index (Phi) is 7.46. The zero-order valence-corrected chi connectivity index (χ0v) is 27.0. The Morgan fingerprint density at radius 2 is 1.89 bits per heavy atom. The summed E-state index contributed by atoms with van der Waals surface area (Å²) in [7, 11) is 0. The second kappa shape index (κ2) is 11.3. The van der Waals surface area contributed by atoms with E-state index in [2.05, 4.69) is 17.6 Å². The summed E-state index contributed by atoms with van der Waals surface area (Å²) < 4.78 is 13.4. The molecule has 10 heteroatoms. The van der Waals surface area contributed by atoms with Gasteiger partial charge in [-0.1, -0.05) is 58.0 Å². The molecular formula is C36H42N4O6. The molecule has 7 rings (SSSR count). The number of oxazole rings is 1. The van der Waals surface area contributed by atoms with Gasteiger partial charge in [0.2, 0.25) is 11.8 Å². The summed E-state index contributed by atoms with van der Waals surface area (Å²) in [5.74, 6) is -0.789. The zero-order chi connectivity index (χ0) is 32.5. The maximum Gasteiger partial charge on any atom is 0.276 e. The number of aliphatic hydroxyl groups is 1. The van der Waals surface area contributed by atoms with Crippen LogP contribution in [0.3, 0.4) is 0 Å². The number of nitrogens with zero attached hydrogens (tertiary/aromatic N) is 2. The number of fused-ring (bicyclic) bond motifs is 4. The van der Waals surface area contributed by atoms with Gasteiger partial charge >= 0.3 is 0 Å². The van der Waals surface area contributed by atoms with E-state index in [0.717, 1.165) is 35.2 Å². The molecule has 1 aromatic heterocycles. The van der Waals surface area contributed by atoms with Crippen LogP contribution in [0.2, 0.25) is 0 Å². The number of hydrogen-bond acceptors (Lipinski definition) is 8. The number of nitrogens with one attached hydrogen (secondary N) is 2. The quantitative estimate of drug-likeness (QED) is 0.357. The Hall–Kier alpha value is -4.18. The number of carbonyl (C=O) groups excluding carboxylic acids is 3. The van der Waals surface area contributed by atoms with Gasteiger partial charge in [0.1, 0.15) is 23.3 Å². The molecule has 0 radical (unpaired) electrons. The predicted molar refractivity (Wildman–Crippen MR) is 170 cm³/mol. The Bertz CT molecular complexity index is 1710. The summed E-state index contributed by atoms with van der Waals surface area (Å²) in [6.45, 7) is 10.2. The number of benzene rings is 2. The molecule has 3 aromatic rings. The molecule has 4 bridgehead atoms. The molecule has 2 unspecified atom stereocenters. The third-order valence-electron chi connectivity index (χ3n) is 10.3. The summed E-state index contributed by atoms with van der Waals surface area (Å²) in [6, 6.07) is 13.2. The fourth-order valence-electron chi connectivity index (χ4n) is 7.67. The van der Waals surface area contributed by atoms with E-state index in [9.17, 15) is 19.5 Å². The zero-order valence-electron chi connectivity index (χ0n) is 27.0. The molecule has 46 heavy (non-hydrogen) atoms. The largest absolute Gasteiger partial charge is 0.469 e. The Morgan fingerprint density at radius 1 is 1.11 bits per heavy atom. The highest BCUT2D eigenvalue weighted by Crippen LogP contribution is 2.58. The summed E-state index contributed by atoms with van der Waals surface area (Å²) in [5, 5.41) is 17.2. The number of aromatic nitrogens is 1. The van der Waals surface area contributed by atoms with E-state index >= 15 is 0 Å². The maximum atomic E-state index is 14.4. The first-order chi connectivity index (χ1) is 22.0. The lowest BCUT2D eigenvalue weighted by Gasteiger charge is -2.29. The third-order valence-corrected chi connectivity index (χ3v) is 10.3. The van der Waals surface area contributed by atoms with Crippen molar-refractivity contribution >= 4 is 23.3 Å². The number of Topliss-reactive ketones (excluding diaryl/α,β-unsaturated/α-hetero) is 1. The summed E-state index contributed by atoms with van der Waals surface area (Å²) in [5.41, 5.74) is 2.62. The van der Waals surface area contributed by atoms with Gasteiger partial charge in [0.25, 0.3) is 5.91 Å². The van der Waals surface area contributed by atoms with Crippen LogP contribution in [0, 0.1) is 17.8 Å². The molecule has 1 spiro atoms. The monoisotopic (exact) mass is 626 g/mol. The first-order valence-electron chi connectivity index (χ1n) is 16.5. The lowest BCUT2D eigenvalue weighted by Crippen LogP contribution is -2.42. The minimum absolute atomic E-state index is 0.0590. The van der Waals surface area contributed by atoms with Crippen molar-refractivity contribution in [3.63, 3.8) is 0 Å². The van der Waals surface area contributed by atoms with Crippen LogP contribution in [0.1, 0.15) is 98.8 Å². The molecular weight excluding hydrogens is 584 g/mol. The number of anilines is 1. The topological polar surface area (TPSA) is 134 Å². The molecule has 1 fully saturated rings. The van der Waals surface area contributed by atoms with E-state index in [4.69, 9.17) is 14.1 Å². The summed E-state index contributed by atoms with van der Waals surface area (Å²) >= 11 is 0. The smallest absolute Gasteiger partial charge is 0.276 e. The molecule has 5 heterocycles. The molecule has 242 valence electrons. The van der Waals surface area contributed by atoms with Crippen molar-refractivity contribution in [2.45, 2.75) is 90.1 Å². The standard InChI is InChI=1S/C36H42N4O6/c1-18(2)28-33-39-29(34(44)40-14-8-9-20(40)5)31(46-33)36-23-10-6-7-11-25(23)37-35(36)45-27-13-12-21(16-24(27)36)15-22(32(43)38-28)17-26(41)30(42)19(3)4/h6-7,10-13,16,18-20,22,28,30,35,37,42H,8-9,14-15,17H2,1-5H3,(H,38,43)/t20-,22?,28+,30+,35+,36?/m1/s1. The minimum atomic E-state index is -1.16. The van der Waals surface area contributed by atoms with Gasteiger partial charge in [-0.15, -0.1) is 0 Å². The number of rotatable bonds is 6. The van der Waals surface area contributed by atoms with Crippen molar-refractivity contribution in [1.29, 1.82) is 0 Å². The number of amides is 2. The van der Waals surface area contributed by atoms with Crippen molar-refractivity contribution in [1.82, 2.24) is 15.2 Å². The van der Waals surface area contributed by atoms with Crippen LogP contribution in [-0.4, -0.2) is 57.5 Å². The number of carbonyl (C=O) groups is 3. The molecule has 1 saturated heterocycles. The van der Waals surface area contributed by atoms with E-state index in [0.29, 0.717) is 18.1 Å². The van der Waals surface area contributed by atoms with Crippen LogP contribution < -0.4 is 15.4 Å². The van der Waals surface area contributed by atoms with Crippen LogP contribution >= 0.6 is 0 Å². The summed E-state index contributed by atoms with van der Waals surface area (Å²) in [6.07, 6.45) is 0.220. The van der Waals surface area contributed by atoms with Crippen LogP contribution in [0.15, 0.2) is 46.9 Å². The van der Waals surface area contributed by atoms with Gasteiger partial charge in [0, 0.05) is 36.2 Å². The highest BCUT2D eigenvalue weighted by molar-refractivity contribution is 5.95. The van der Waals surface area contributed by atoms with Crippen molar-refractivity contribution in [3.8, 4) is 5.75 Å². The molecule has 4 aliphatic rings. The second-order valence-corrected chi connectivity index (χ2v) is 14.0. The Labute approximate surface area is 268 Å². The highest BCUT2D eigenvalue weighted by Gasteiger charge is 2.61. The molecule has 0 saturated carbocycles. The first-order valence-corrected chi connectivity index (χ1v) is 16.5. The number of likely N-dealkylation sites (tertiary alicyclic amines) is 1. The van der Waals surface area contributed by atoms with Gasteiger partial charge in [0.05, 0.1) is 0 Å². The number of ketones is 1. The van der Waals surface area contributed by atoms with Gasteiger partial charge in [-0.05, 0) is 61.3 Å². The van der Waals surface area contributed by atoms with Gasteiger partial charge in [-0.3, -0.25) is 14.4 Å². The van der Waals surface area contributed by atoms with E-state index < -0.39 is 29.7 Å². The third kappa shape index (κ3) is 4.63. The van der Waals surface area contributed by atoms with Gasteiger partial charge in [-0.2, -0.15) is 0 Å². The van der Waals surface area contributed by atoms with E-state index in [1.54, 1.807) is 13.8 Å². The van der Waals surface area contributed by atoms with Gasteiger partial charge in [0.15, 0.2) is 23.5 Å². The maximum absolute atomic E-state index is 14.4. The van der Waals surface area contributed by atoms with Gasteiger partial charge < -0.3 is 29.8 Å². The predicted octanol–water partition coefficient (Wildman–Crippen LogP) is 4.74. The molecule has 0 aliphatic carbocycles. The second-order valence-electron chi connectivity index (χ2n) is 14.0. The van der Waals surface area contributed by atoms with E-state index in [1.165, 1.54) is 0 Å². The normalized spacial score (nSPS) is 26.9. The van der Waals surface area contributed by atoms with Crippen LogP contribution in [-0.2, 0) is 21.4 Å². The first kappa shape index (κ1) is 30.5. The highest BCUT2D eigenvalue weighted by atomic mass is 16.5. The van der Waals surface area contributed by atoms with Crippen LogP contribution in [0.25, 0.3) is 0 Å². The van der Waals surface area contributed by atoms with E-state index in [-0.39, 0.29) is 59.9 Å².